The van der Waals surface area contributed by atoms with Crippen LogP contribution < -0.4 is 5.73 Å². The van der Waals surface area contributed by atoms with Crippen LogP contribution in [-0.2, 0) is 0 Å². The number of benzene rings is 1. The first-order valence-corrected chi connectivity index (χ1v) is 6.77. The lowest BCUT2D eigenvalue weighted by Gasteiger charge is -2.09. The molecule has 0 unspecified atom stereocenters. The summed E-state index contributed by atoms with van der Waals surface area (Å²) in [6, 6.07) is 6.05. The van der Waals surface area contributed by atoms with Gasteiger partial charge in [-0.25, -0.2) is 14.6 Å². The van der Waals surface area contributed by atoms with Gasteiger partial charge < -0.3 is 5.73 Å². The molecule has 3 rings (SSSR count). The Hall–Kier alpha value is -2.69. The van der Waals surface area contributed by atoms with E-state index >= 15 is 0 Å². The monoisotopic (exact) mass is 279 g/mol. The molecule has 0 radical (unpaired) electrons. The molecule has 0 spiro atoms. The fourth-order valence-corrected chi connectivity index (χ4v) is 2.65. The molecule has 0 amide bonds. The lowest BCUT2D eigenvalue weighted by molar-refractivity contribution is 0.810. The summed E-state index contributed by atoms with van der Waals surface area (Å²) in [7, 11) is 0. The summed E-state index contributed by atoms with van der Waals surface area (Å²) in [5.41, 5.74) is 12.2. The van der Waals surface area contributed by atoms with Crippen molar-refractivity contribution in [3.8, 4) is 17.2 Å². The molecule has 2 N–H and O–H groups in total. The summed E-state index contributed by atoms with van der Waals surface area (Å²) < 4.78 is 1.61. The molecule has 0 saturated heterocycles. The highest BCUT2D eigenvalue weighted by Crippen LogP contribution is 2.31. The Morgan fingerprint density at radius 2 is 1.62 bits per heavy atom. The normalized spacial score (nSPS) is 10.8. The van der Waals surface area contributed by atoms with E-state index in [0.717, 1.165) is 11.3 Å². The zero-order chi connectivity index (χ0) is 15.0. The van der Waals surface area contributed by atoms with Crippen molar-refractivity contribution in [3.63, 3.8) is 0 Å². The number of aromatic nitrogens is 4. The Labute approximate surface area is 123 Å². The van der Waals surface area contributed by atoms with E-state index in [0.29, 0.717) is 11.6 Å². The highest BCUT2D eigenvalue weighted by atomic mass is 15.3. The molecule has 0 aliphatic carbocycles. The Bertz CT molecular complexity index is 767. The molecule has 1 aromatic carbocycles. The predicted molar refractivity (Wildman–Crippen MR) is 83.2 cm³/mol. The molecule has 5 nitrogen and oxygen atoms in total. The van der Waals surface area contributed by atoms with Crippen LogP contribution in [0.5, 0.6) is 0 Å². The van der Waals surface area contributed by atoms with Crippen molar-refractivity contribution in [2.45, 2.75) is 20.8 Å². The second-order valence-corrected chi connectivity index (χ2v) is 5.20. The predicted octanol–water partition coefficient (Wildman–Crippen LogP) is 2.84. The fraction of sp³-hybridized carbons (Fsp3) is 0.188. The van der Waals surface area contributed by atoms with Gasteiger partial charge in [-0.3, -0.25) is 0 Å². The van der Waals surface area contributed by atoms with Crippen molar-refractivity contribution in [1.29, 1.82) is 0 Å². The SMILES string of the molecule is Cc1cc(C)c(-c2nn(-c3ncccn3)cc2N)c(C)c1. The van der Waals surface area contributed by atoms with E-state index in [1.165, 1.54) is 16.7 Å². The molecule has 5 heteroatoms. The number of aryl methyl sites for hydroxylation is 3. The summed E-state index contributed by atoms with van der Waals surface area (Å²) in [5.74, 6) is 0.512. The summed E-state index contributed by atoms with van der Waals surface area (Å²) >= 11 is 0. The number of anilines is 1. The molecule has 106 valence electrons. The maximum atomic E-state index is 6.15. The van der Waals surface area contributed by atoms with Crippen LogP contribution in [0.25, 0.3) is 17.2 Å². The number of rotatable bonds is 2. The summed E-state index contributed by atoms with van der Waals surface area (Å²) in [4.78, 5) is 8.38. The second kappa shape index (κ2) is 5.01. The van der Waals surface area contributed by atoms with Gasteiger partial charge in [0.15, 0.2) is 0 Å². The molecule has 2 heterocycles. The van der Waals surface area contributed by atoms with Gasteiger partial charge in [0.1, 0.15) is 5.69 Å². The molecule has 0 fully saturated rings. The van der Waals surface area contributed by atoms with Gasteiger partial charge in [0.25, 0.3) is 5.95 Å². The van der Waals surface area contributed by atoms with Crippen LogP contribution in [0.1, 0.15) is 16.7 Å². The highest BCUT2D eigenvalue weighted by Gasteiger charge is 2.15. The average molecular weight is 279 g/mol. The molecule has 0 aliphatic rings. The van der Waals surface area contributed by atoms with Crippen molar-refractivity contribution in [1.82, 2.24) is 19.7 Å². The Kier molecular flexibility index (Phi) is 3.17. The van der Waals surface area contributed by atoms with E-state index in [1.54, 1.807) is 29.3 Å². The van der Waals surface area contributed by atoms with Crippen LogP contribution in [0.3, 0.4) is 0 Å². The molecule has 3 aromatic rings. The van der Waals surface area contributed by atoms with Crippen molar-refractivity contribution in [2.75, 3.05) is 5.73 Å². The first kappa shape index (κ1) is 13.3. The van der Waals surface area contributed by atoms with Crippen LogP contribution in [-0.4, -0.2) is 19.7 Å². The van der Waals surface area contributed by atoms with Crippen LogP contribution in [0.4, 0.5) is 5.69 Å². The number of nitrogens with two attached hydrogens (primary N) is 1. The molecule has 0 atom stereocenters. The van der Waals surface area contributed by atoms with Gasteiger partial charge in [-0.05, 0) is 38.0 Å². The zero-order valence-electron chi connectivity index (χ0n) is 12.3. The van der Waals surface area contributed by atoms with Gasteiger partial charge in [0, 0.05) is 18.0 Å². The minimum absolute atomic E-state index is 0.512. The first-order chi connectivity index (χ1) is 10.1. The van der Waals surface area contributed by atoms with E-state index in [4.69, 9.17) is 5.73 Å². The van der Waals surface area contributed by atoms with Crippen molar-refractivity contribution >= 4 is 5.69 Å². The van der Waals surface area contributed by atoms with Crippen LogP contribution in [0.15, 0.2) is 36.8 Å². The van der Waals surface area contributed by atoms with Gasteiger partial charge in [-0.1, -0.05) is 17.7 Å². The number of nitrogen functional groups attached to an aromatic ring is 1. The third-order valence-electron chi connectivity index (χ3n) is 3.41. The maximum Gasteiger partial charge on any atom is 0.250 e. The molecule has 2 aromatic heterocycles. The van der Waals surface area contributed by atoms with Crippen molar-refractivity contribution in [3.05, 3.63) is 53.5 Å². The van der Waals surface area contributed by atoms with Gasteiger partial charge in [0.05, 0.1) is 11.9 Å². The zero-order valence-corrected chi connectivity index (χ0v) is 12.3. The lowest BCUT2D eigenvalue weighted by Crippen LogP contribution is -2.01. The number of hydrogen-bond acceptors (Lipinski definition) is 4. The van der Waals surface area contributed by atoms with Crippen LogP contribution >= 0.6 is 0 Å². The maximum absolute atomic E-state index is 6.15. The summed E-state index contributed by atoms with van der Waals surface area (Å²) in [6.45, 7) is 6.24. The smallest absolute Gasteiger partial charge is 0.250 e. The molecular formula is C16H17N5. The molecule has 0 saturated carbocycles. The first-order valence-electron chi connectivity index (χ1n) is 6.77. The molecular weight excluding hydrogens is 262 g/mol. The Morgan fingerprint density at radius 3 is 2.24 bits per heavy atom. The Morgan fingerprint density at radius 1 is 1.00 bits per heavy atom. The number of hydrogen-bond donors (Lipinski definition) is 1. The van der Waals surface area contributed by atoms with Gasteiger partial charge in [-0.2, -0.15) is 5.10 Å². The van der Waals surface area contributed by atoms with E-state index in [9.17, 15) is 0 Å². The molecule has 21 heavy (non-hydrogen) atoms. The van der Waals surface area contributed by atoms with E-state index < -0.39 is 0 Å². The third kappa shape index (κ3) is 2.38. The average Bonchev–Trinajstić information content (AvgIpc) is 2.81. The standard InChI is InChI=1S/C16H17N5/c1-10-7-11(2)14(12(3)8-10)15-13(17)9-21(20-15)16-18-5-4-6-19-16/h4-9H,17H2,1-3H3. The van der Waals surface area contributed by atoms with Crippen molar-refractivity contribution in [2.24, 2.45) is 0 Å². The van der Waals surface area contributed by atoms with Crippen LogP contribution in [0, 0.1) is 20.8 Å². The van der Waals surface area contributed by atoms with E-state index in [2.05, 4.69) is 48.0 Å². The Balaban J connectivity index is 2.15. The largest absolute Gasteiger partial charge is 0.396 e. The minimum atomic E-state index is 0.512. The topological polar surface area (TPSA) is 69.6 Å². The second-order valence-electron chi connectivity index (χ2n) is 5.20. The quantitative estimate of drug-likeness (QED) is 0.783. The van der Waals surface area contributed by atoms with Crippen molar-refractivity contribution < 1.29 is 0 Å². The third-order valence-corrected chi connectivity index (χ3v) is 3.41. The minimum Gasteiger partial charge on any atom is -0.396 e. The van der Waals surface area contributed by atoms with E-state index in [-0.39, 0.29) is 0 Å². The van der Waals surface area contributed by atoms with Gasteiger partial charge in [-0.15, -0.1) is 0 Å². The fourth-order valence-electron chi connectivity index (χ4n) is 2.65. The summed E-state index contributed by atoms with van der Waals surface area (Å²) in [6.07, 6.45) is 5.12. The highest BCUT2D eigenvalue weighted by molar-refractivity contribution is 5.77. The lowest BCUT2D eigenvalue weighted by atomic mass is 9.97. The molecule has 0 bridgehead atoms. The van der Waals surface area contributed by atoms with Gasteiger partial charge >= 0.3 is 0 Å². The summed E-state index contributed by atoms with van der Waals surface area (Å²) in [5, 5.41) is 4.57. The van der Waals surface area contributed by atoms with Gasteiger partial charge in [0.2, 0.25) is 0 Å². The van der Waals surface area contributed by atoms with E-state index in [1.807, 2.05) is 0 Å². The molecule has 0 aliphatic heterocycles. The van der Waals surface area contributed by atoms with Crippen LogP contribution in [0.2, 0.25) is 0 Å². The number of nitrogens with zero attached hydrogens (tertiary/aromatic N) is 4.